The van der Waals surface area contributed by atoms with Crippen molar-refractivity contribution in [2.45, 2.75) is 0 Å². The zero-order chi connectivity index (χ0) is 37.0. The Labute approximate surface area is 324 Å². The minimum atomic E-state index is 0.854. The molecule has 4 nitrogen and oxygen atoms in total. The first-order valence-corrected chi connectivity index (χ1v) is 19.0. The molecule has 264 valence electrons. The standard InChI is InChI=1S/C52H35N3O/c1-4-17-37(18-5-1)53(42-31-33-45-44-26-12-13-28-48(44)55(50(45)35-42)39-21-8-3-9-22-39)40-23-14-24-41(34-40)54(38-19-6-2-7-20-38)49-29-15-27-46-47-32-30-36-16-10-11-25-43(36)51(47)56-52(46)49/h1-35H. The van der Waals surface area contributed by atoms with Gasteiger partial charge in [-0.25, -0.2) is 0 Å². The van der Waals surface area contributed by atoms with E-state index in [1.165, 1.54) is 16.3 Å². The van der Waals surface area contributed by atoms with Crippen molar-refractivity contribution in [2.75, 3.05) is 9.80 Å². The fourth-order valence-electron chi connectivity index (χ4n) is 8.44. The van der Waals surface area contributed by atoms with E-state index < -0.39 is 0 Å². The lowest BCUT2D eigenvalue weighted by Gasteiger charge is -2.29. The van der Waals surface area contributed by atoms with Crippen LogP contribution in [-0.2, 0) is 0 Å². The summed E-state index contributed by atoms with van der Waals surface area (Å²) in [5.41, 5.74) is 11.5. The Kier molecular flexibility index (Phi) is 7.46. The lowest BCUT2D eigenvalue weighted by atomic mass is 10.1. The highest BCUT2D eigenvalue weighted by atomic mass is 16.3. The molecule has 56 heavy (non-hydrogen) atoms. The molecule has 0 fully saturated rings. The number of hydrogen-bond acceptors (Lipinski definition) is 3. The van der Waals surface area contributed by atoms with Gasteiger partial charge in [0.25, 0.3) is 0 Å². The van der Waals surface area contributed by atoms with E-state index in [0.29, 0.717) is 0 Å². The van der Waals surface area contributed by atoms with Gasteiger partial charge >= 0.3 is 0 Å². The second-order valence-corrected chi connectivity index (χ2v) is 14.2. The highest BCUT2D eigenvalue weighted by Crippen LogP contribution is 2.46. The van der Waals surface area contributed by atoms with Crippen LogP contribution in [-0.4, -0.2) is 4.57 Å². The molecule has 0 unspecified atom stereocenters. The van der Waals surface area contributed by atoms with Crippen LogP contribution in [0.1, 0.15) is 0 Å². The number of nitrogens with zero attached hydrogens (tertiary/aromatic N) is 3. The summed E-state index contributed by atoms with van der Waals surface area (Å²) in [5.74, 6) is 0. The highest BCUT2D eigenvalue weighted by Gasteiger charge is 2.22. The number of fused-ring (bicyclic) bond motifs is 8. The second-order valence-electron chi connectivity index (χ2n) is 14.2. The summed E-state index contributed by atoms with van der Waals surface area (Å²) in [6, 6.07) is 75.5. The summed E-state index contributed by atoms with van der Waals surface area (Å²) in [5, 5.41) is 6.93. The third kappa shape index (κ3) is 5.15. The van der Waals surface area contributed by atoms with Crippen LogP contribution >= 0.6 is 0 Å². The number of rotatable bonds is 7. The molecular weight excluding hydrogens is 683 g/mol. The third-order valence-corrected chi connectivity index (χ3v) is 10.9. The van der Waals surface area contributed by atoms with E-state index in [1.54, 1.807) is 0 Å². The van der Waals surface area contributed by atoms with Crippen molar-refractivity contribution in [2.24, 2.45) is 0 Å². The summed E-state index contributed by atoms with van der Waals surface area (Å²) in [6.07, 6.45) is 0. The van der Waals surface area contributed by atoms with E-state index in [9.17, 15) is 0 Å². The lowest BCUT2D eigenvalue weighted by Crippen LogP contribution is -2.13. The van der Waals surface area contributed by atoms with Crippen LogP contribution in [0.4, 0.5) is 34.1 Å². The van der Waals surface area contributed by atoms with E-state index in [4.69, 9.17) is 4.42 Å². The number of benzene rings is 9. The van der Waals surface area contributed by atoms with E-state index >= 15 is 0 Å². The number of hydrogen-bond donors (Lipinski definition) is 0. The van der Waals surface area contributed by atoms with Crippen LogP contribution in [0.2, 0.25) is 0 Å². The molecule has 4 heteroatoms. The van der Waals surface area contributed by atoms with Crippen LogP contribution in [0.15, 0.2) is 217 Å². The first-order chi connectivity index (χ1) is 27.8. The van der Waals surface area contributed by atoms with Crippen LogP contribution in [0, 0.1) is 0 Å². The van der Waals surface area contributed by atoms with Crippen molar-refractivity contribution < 1.29 is 4.42 Å². The molecular formula is C52H35N3O. The van der Waals surface area contributed by atoms with Gasteiger partial charge in [-0.1, -0.05) is 127 Å². The Balaban J connectivity index is 1.12. The van der Waals surface area contributed by atoms with Crippen LogP contribution < -0.4 is 9.80 Å². The van der Waals surface area contributed by atoms with Gasteiger partial charge in [0.15, 0.2) is 5.58 Å². The van der Waals surface area contributed by atoms with Gasteiger partial charge in [0.05, 0.1) is 16.7 Å². The number of para-hydroxylation sites is 5. The Hall–Kier alpha value is -7.56. The van der Waals surface area contributed by atoms with Gasteiger partial charge in [0.2, 0.25) is 0 Å². The topological polar surface area (TPSA) is 24.6 Å². The maximum Gasteiger partial charge on any atom is 0.159 e. The van der Waals surface area contributed by atoms with Gasteiger partial charge in [0.1, 0.15) is 5.58 Å². The molecule has 0 spiro atoms. The van der Waals surface area contributed by atoms with Gasteiger partial charge in [-0.3, -0.25) is 0 Å². The molecule has 11 aromatic rings. The minimum Gasteiger partial charge on any atom is -0.453 e. The average molecular weight is 718 g/mol. The second kappa shape index (κ2) is 13.1. The van der Waals surface area contributed by atoms with Crippen LogP contribution in [0.5, 0.6) is 0 Å². The molecule has 0 amide bonds. The summed E-state index contributed by atoms with van der Waals surface area (Å²) >= 11 is 0. The van der Waals surface area contributed by atoms with E-state index in [0.717, 1.165) is 78.0 Å². The molecule has 2 aromatic heterocycles. The summed E-state index contributed by atoms with van der Waals surface area (Å²) in [4.78, 5) is 4.67. The van der Waals surface area contributed by atoms with Crippen LogP contribution in [0.25, 0.3) is 60.2 Å². The molecule has 9 aromatic carbocycles. The third-order valence-electron chi connectivity index (χ3n) is 10.9. The average Bonchev–Trinajstić information content (AvgIpc) is 3.82. The monoisotopic (exact) mass is 717 g/mol. The van der Waals surface area contributed by atoms with Crippen molar-refractivity contribution in [1.29, 1.82) is 0 Å². The Bertz CT molecular complexity index is 3200. The molecule has 11 rings (SSSR count). The van der Waals surface area contributed by atoms with Crippen molar-refractivity contribution in [3.63, 3.8) is 0 Å². The number of anilines is 6. The lowest BCUT2D eigenvalue weighted by molar-refractivity contribution is 0.673. The number of aromatic nitrogens is 1. The fraction of sp³-hybridized carbons (Fsp3) is 0. The molecule has 2 heterocycles. The van der Waals surface area contributed by atoms with Crippen molar-refractivity contribution in [3.05, 3.63) is 212 Å². The molecule has 0 saturated heterocycles. The first-order valence-electron chi connectivity index (χ1n) is 19.0. The number of furan rings is 1. The molecule has 0 N–H and O–H groups in total. The molecule has 0 radical (unpaired) electrons. The first kappa shape index (κ1) is 31.9. The summed E-state index contributed by atoms with van der Waals surface area (Å²) in [7, 11) is 0. The highest BCUT2D eigenvalue weighted by molar-refractivity contribution is 6.17. The van der Waals surface area contributed by atoms with Crippen molar-refractivity contribution >= 4 is 88.6 Å². The van der Waals surface area contributed by atoms with Gasteiger partial charge in [0, 0.05) is 61.1 Å². The SMILES string of the molecule is c1ccc(N(c2cccc(N(c3ccccc3)c3cccc4c3oc3c5ccccc5ccc43)c2)c2ccc3c4ccccc4n(-c4ccccc4)c3c2)cc1. The molecule has 0 aliphatic heterocycles. The summed E-state index contributed by atoms with van der Waals surface area (Å²) in [6.45, 7) is 0. The summed E-state index contributed by atoms with van der Waals surface area (Å²) < 4.78 is 9.27. The molecule has 0 atom stereocenters. The Morgan fingerprint density at radius 3 is 1.64 bits per heavy atom. The Morgan fingerprint density at radius 2 is 0.857 bits per heavy atom. The fourth-order valence-corrected chi connectivity index (χ4v) is 8.44. The quantitative estimate of drug-likeness (QED) is 0.164. The zero-order valence-electron chi connectivity index (χ0n) is 30.5. The van der Waals surface area contributed by atoms with Gasteiger partial charge in [-0.05, 0) is 90.3 Å². The molecule has 0 aliphatic carbocycles. The molecule has 0 saturated carbocycles. The maximum atomic E-state index is 6.90. The van der Waals surface area contributed by atoms with Crippen molar-refractivity contribution in [1.82, 2.24) is 4.57 Å². The van der Waals surface area contributed by atoms with Gasteiger partial charge in [-0.15, -0.1) is 0 Å². The largest absolute Gasteiger partial charge is 0.453 e. The van der Waals surface area contributed by atoms with Crippen molar-refractivity contribution in [3.8, 4) is 5.69 Å². The van der Waals surface area contributed by atoms with Gasteiger partial charge in [-0.2, -0.15) is 0 Å². The maximum absolute atomic E-state index is 6.90. The predicted octanol–water partition coefficient (Wildman–Crippen LogP) is 14.8. The van der Waals surface area contributed by atoms with E-state index in [2.05, 4.69) is 227 Å². The molecule has 0 bridgehead atoms. The van der Waals surface area contributed by atoms with E-state index in [1.807, 2.05) is 0 Å². The minimum absolute atomic E-state index is 0.854. The van der Waals surface area contributed by atoms with E-state index in [-0.39, 0.29) is 0 Å². The van der Waals surface area contributed by atoms with Crippen LogP contribution in [0.3, 0.4) is 0 Å². The normalized spacial score (nSPS) is 11.6. The zero-order valence-corrected chi connectivity index (χ0v) is 30.5. The van der Waals surface area contributed by atoms with Gasteiger partial charge < -0.3 is 18.8 Å². The molecule has 0 aliphatic rings. The Morgan fingerprint density at radius 1 is 0.321 bits per heavy atom. The predicted molar refractivity (Wildman–Crippen MR) is 235 cm³/mol. The smallest absolute Gasteiger partial charge is 0.159 e.